The number of nitrogens with zero attached hydrogens (tertiary/aromatic N) is 1. The number of hydrogen-bond donors (Lipinski definition) is 1. The highest BCUT2D eigenvalue weighted by atomic mass is 31.2. The zero-order valence-electron chi connectivity index (χ0n) is 34.6. The molecule has 2 atom stereocenters. The van der Waals surface area contributed by atoms with Crippen molar-refractivity contribution in [2.24, 2.45) is 0 Å². The molecule has 0 heterocycles. The van der Waals surface area contributed by atoms with E-state index in [4.69, 9.17) is 18.5 Å². The maximum atomic E-state index is 12.7. The molecule has 0 fully saturated rings. The van der Waals surface area contributed by atoms with Gasteiger partial charge in [0.1, 0.15) is 19.8 Å². The van der Waals surface area contributed by atoms with E-state index in [1.807, 2.05) is 21.1 Å². The van der Waals surface area contributed by atoms with E-state index in [1.54, 1.807) is 0 Å². The van der Waals surface area contributed by atoms with Crippen LogP contribution in [0.4, 0.5) is 0 Å². The Kier molecular flexibility index (Phi) is 34.3. The molecule has 2 unspecified atom stereocenters. The third-order valence-electron chi connectivity index (χ3n) is 9.06. The first-order valence-corrected chi connectivity index (χ1v) is 23.0. The van der Waals surface area contributed by atoms with Gasteiger partial charge in [0.05, 0.1) is 27.7 Å². The number of unbranched alkanes of at least 4 members (excludes halogenated alkanes) is 20. The molecule has 1 N–H and O–H groups in total. The maximum absolute atomic E-state index is 12.7. The fraction of sp³-hybridized carbons (Fsp3) is 0.837. The van der Waals surface area contributed by atoms with Crippen molar-refractivity contribution in [3.05, 3.63) is 24.3 Å². The molecule has 0 aliphatic rings. The number of hydrogen-bond acceptors (Lipinski definition) is 7. The van der Waals surface area contributed by atoms with E-state index in [9.17, 15) is 14.5 Å². The molecule has 0 bridgehead atoms. The van der Waals surface area contributed by atoms with Crippen molar-refractivity contribution >= 4 is 25.8 Å². The van der Waals surface area contributed by atoms with Gasteiger partial charge in [-0.1, -0.05) is 147 Å². The van der Waals surface area contributed by atoms with Crippen molar-refractivity contribution in [1.82, 2.24) is 0 Å². The Bertz CT molecular complexity index is 946. The normalized spacial score (nSPS) is 13.9. The van der Waals surface area contributed by atoms with Gasteiger partial charge in [0.25, 0.3) is 0 Å². The van der Waals surface area contributed by atoms with Gasteiger partial charge in [-0.25, -0.2) is 0 Å². The SMILES string of the molecule is C=P(O)(OCC[N+](C)(C)C)OCC(COC(=O)CCCCCCCCCCCCCCC)OC(=O)CCCCCCC/C=C/C/C=C/CCCCC. The van der Waals surface area contributed by atoms with Crippen LogP contribution in [0.3, 0.4) is 0 Å². The van der Waals surface area contributed by atoms with Crippen molar-refractivity contribution in [3.63, 3.8) is 0 Å². The van der Waals surface area contributed by atoms with Gasteiger partial charge in [0.15, 0.2) is 6.10 Å². The Labute approximate surface area is 321 Å². The molecular weight excluding hydrogens is 673 g/mol. The van der Waals surface area contributed by atoms with Gasteiger partial charge in [0, 0.05) is 12.8 Å². The molecule has 0 aromatic rings. The average Bonchev–Trinajstić information content (AvgIpc) is 3.09. The molecule has 0 aromatic heterocycles. The van der Waals surface area contributed by atoms with Gasteiger partial charge in [0.2, 0.25) is 7.57 Å². The highest BCUT2D eigenvalue weighted by molar-refractivity contribution is 7.58. The highest BCUT2D eigenvalue weighted by Crippen LogP contribution is 2.42. The van der Waals surface area contributed by atoms with E-state index < -0.39 is 13.7 Å². The molecule has 0 aromatic carbocycles. The number of carbonyl (C=O) groups excluding carboxylic acids is 2. The second kappa shape index (κ2) is 35.3. The van der Waals surface area contributed by atoms with Gasteiger partial charge >= 0.3 is 11.9 Å². The van der Waals surface area contributed by atoms with Crippen LogP contribution in [0.15, 0.2) is 24.3 Å². The first-order valence-electron chi connectivity index (χ1n) is 21.2. The Morgan fingerprint density at radius 3 is 1.58 bits per heavy atom. The van der Waals surface area contributed by atoms with Gasteiger partial charge in [-0.3, -0.25) is 9.59 Å². The summed E-state index contributed by atoms with van der Waals surface area (Å²) in [6, 6.07) is 0. The first kappa shape index (κ1) is 50.6. The number of quaternary nitrogens is 1. The number of likely N-dealkylation sites (N-methyl/N-ethyl adjacent to an activating group) is 1. The Morgan fingerprint density at radius 1 is 0.615 bits per heavy atom. The van der Waals surface area contributed by atoms with E-state index in [0.717, 1.165) is 64.2 Å². The van der Waals surface area contributed by atoms with Crippen LogP contribution in [0.5, 0.6) is 0 Å². The van der Waals surface area contributed by atoms with E-state index in [2.05, 4.69) is 44.5 Å². The summed E-state index contributed by atoms with van der Waals surface area (Å²) in [4.78, 5) is 35.8. The lowest BCUT2D eigenvalue weighted by Gasteiger charge is -2.26. The molecule has 0 aliphatic heterocycles. The molecule has 9 heteroatoms. The van der Waals surface area contributed by atoms with Crippen LogP contribution in [-0.2, 0) is 28.1 Å². The van der Waals surface area contributed by atoms with E-state index in [1.165, 1.54) is 89.9 Å². The second-order valence-electron chi connectivity index (χ2n) is 15.5. The smallest absolute Gasteiger partial charge is 0.306 e. The number of rotatable bonds is 38. The number of allylic oxidation sites excluding steroid dienone is 4. The lowest BCUT2D eigenvalue weighted by atomic mass is 10.0. The second-order valence-corrected chi connectivity index (χ2v) is 17.3. The molecule has 8 nitrogen and oxygen atoms in total. The van der Waals surface area contributed by atoms with Crippen LogP contribution in [-0.4, -0.2) is 81.2 Å². The third kappa shape index (κ3) is 38.3. The molecule has 306 valence electrons. The van der Waals surface area contributed by atoms with Crippen LogP contribution in [0.25, 0.3) is 0 Å². The van der Waals surface area contributed by atoms with E-state index in [0.29, 0.717) is 17.4 Å². The summed E-state index contributed by atoms with van der Waals surface area (Å²) in [5.74, 6) is -0.666. The minimum absolute atomic E-state index is 0.121. The number of carbonyl (C=O) groups is 2. The lowest BCUT2D eigenvalue weighted by molar-refractivity contribution is -0.870. The van der Waals surface area contributed by atoms with Gasteiger partial charge in [-0.15, -0.1) is 0 Å². The van der Waals surface area contributed by atoms with Crippen molar-refractivity contribution < 1.29 is 37.5 Å². The van der Waals surface area contributed by atoms with Crippen LogP contribution in [0, 0.1) is 0 Å². The van der Waals surface area contributed by atoms with Crippen LogP contribution in [0.1, 0.15) is 181 Å². The Balaban J connectivity index is 4.41. The fourth-order valence-electron chi connectivity index (χ4n) is 5.68. The fourth-order valence-corrected chi connectivity index (χ4v) is 6.52. The van der Waals surface area contributed by atoms with Gasteiger partial charge < -0.3 is 27.9 Å². The predicted molar refractivity (Wildman–Crippen MR) is 222 cm³/mol. The molecule has 0 saturated heterocycles. The molecule has 52 heavy (non-hydrogen) atoms. The van der Waals surface area contributed by atoms with Crippen LogP contribution < -0.4 is 0 Å². The minimum Gasteiger partial charge on any atom is -0.462 e. The summed E-state index contributed by atoms with van der Waals surface area (Å²) in [5, 5.41) is 0. The summed E-state index contributed by atoms with van der Waals surface area (Å²) in [5.41, 5.74) is 0. The molecule has 0 spiro atoms. The van der Waals surface area contributed by atoms with E-state index in [-0.39, 0.29) is 38.2 Å². The first-order chi connectivity index (χ1) is 25.0. The highest BCUT2D eigenvalue weighted by Gasteiger charge is 2.22. The van der Waals surface area contributed by atoms with Crippen molar-refractivity contribution in [1.29, 1.82) is 0 Å². The van der Waals surface area contributed by atoms with Gasteiger partial charge in [-0.05, 0) is 51.2 Å². The van der Waals surface area contributed by atoms with Gasteiger partial charge in [-0.2, -0.15) is 0 Å². The van der Waals surface area contributed by atoms with Crippen LogP contribution >= 0.6 is 7.57 Å². The zero-order valence-corrected chi connectivity index (χ0v) is 35.5. The molecule has 0 amide bonds. The lowest BCUT2D eigenvalue weighted by Crippen LogP contribution is -2.37. The number of ether oxygens (including phenoxy) is 2. The zero-order chi connectivity index (χ0) is 38.6. The quantitative estimate of drug-likeness (QED) is 0.0220. The topological polar surface area (TPSA) is 91.3 Å². The molecular formula is C43H83NO7P+. The maximum Gasteiger partial charge on any atom is 0.306 e. The summed E-state index contributed by atoms with van der Waals surface area (Å²) >= 11 is 0. The largest absolute Gasteiger partial charge is 0.462 e. The minimum atomic E-state index is -3.37. The molecule has 0 aliphatic carbocycles. The summed E-state index contributed by atoms with van der Waals surface area (Å²) in [6.45, 7) is 5.17. The molecule has 0 saturated carbocycles. The third-order valence-corrected chi connectivity index (χ3v) is 10.2. The monoisotopic (exact) mass is 757 g/mol. The average molecular weight is 757 g/mol. The molecule has 0 radical (unpaired) electrons. The van der Waals surface area contributed by atoms with Crippen molar-refractivity contribution in [2.45, 2.75) is 187 Å². The number of esters is 2. The Hall–Kier alpha value is -1.44. The summed E-state index contributed by atoms with van der Waals surface area (Å²) in [6.07, 6.45) is 41.0. The van der Waals surface area contributed by atoms with Crippen molar-refractivity contribution in [3.8, 4) is 0 Å². The predicted octanol–water partition coefficient (Wildman–Crippen LogP) is 11.7. The van der Waals surface area contributed by atoms with E-state index >= 15 is 0 Å². The summed E-state index contributed by atoms with van der Waals surface area (Å²) < 4.78 is 23.0. The summed E-state index contributed by atoms with van der Waals surface area (Å²) in [7, 11) is 2.71. The van der Waals surface area contributed by atoms with Crippen LogP contribution in [0.2, 0.25) is 0 Å². The Morgan fingerprint density at radius 2 is 1.06 bits per heavy atom. The standard InChI is InChI=1S/C43H83NO7P/c1-7-9-11-13-15-17-19-21-22-24-26-28-30-32-34-36-43(46)51-41(40-50-52(6,47)49-38-37-44(3,4)5)39-48-42(45)35-33-31-29-27-25-23-20-18-16-14-12-10-8-2/h15,17,21-22,41,47H,6-14,16,18-20,23-40H2,1-5H3/q+1/b17-15+,22-21+. The van der Waals surface area contributed by atoms with Crippen molar-refractivity contribution in [2.75, 3.05) is 47.5 Å². The molecule has 0 rings (SSSR count).